The van der Waals surface area contributed by atoms with Gasteiger partial charge in [0.15, 0.2) is 6.29 Å². The molecule has 0 N–H and O–H groups in total. The zero-order valence-electron chi connectivity index (χ0n) is 9.82. The SMILES string of the molecule is O=Cc1cc(-c2ccc(OC(F)(F)F)cc2)cc(Cl)n1. The van der Waals surface area contributed by atoms with E-state index in [0.29, 0.717) is 17.4 Å². The smallest absolute Gasteiger partial charge is 0.406 e. The van der Waals surface area contributed by atoms with Crippen LogP contribution in [0.15, 0.2) is 36.4 Å². The summed E-state index contributed by atoms with van der Waals surface area (Å²) >= 11 is 5.75. The van der Waals surface area contributed by atoms with Gasteiger partial charge in [-0.1, -0.05) is 23.7 Å². The standard InChI is InChI=1S/C13H7ClF3NO2/c14-12-6-9(5-10(7-19)18-12)8-1-3-11(4-2-8)20-13(15,16)17/h1-7H. The number of rotatable bonds is 3. The lowest BCUT2D eigenvalue weighted by atomic mass is 10.1. The highest BCUT2D eigenvalue weighted by Crippen LogP contribution is 2.27. The number of halogens is 4. The van der Waals surface area contributed by atoms with E-state index in [0.717, 1.165) is 0 Å². The number of aldehydes is 1. The first-order chi connectivity index (χ1) is 9.37. The minimum atomic E-state index is -4.73. The Morgan fingerprint density at radius 2 is 1.75 bits per heavy atom. The predicted molar refractivity (Wildman–Crippen MR) is 66.8 cm³/mol. The number of hydrogen-bond acceptors (Lipinski definition) is 3. The second kappa shape index (κ2) is 5.50. The molecule has 3 nitrogen and oxygen atoms in total. The van der Waals surface area contributed by atoms with Gasteiger partial charge < -0.3 is 4.74 Å². The van der Waals surface area contributed by atoms with Gasteiger partial charge in [-0.25, -0.2) is 4.98 Å². The van der Waals surface area contributed by atoms with Crippen LogP contribution in [0, 0.1) is 0 Å². The Morgan fingerprint density at radius 1 is 1.10 bits per heavy atom. The Bertz CT molecular complexity index is 627. The number of hydrogen-bond donors (Lipinski definition) is 0. The quantitative estimate of drug-likeness (QED) is 0.632. The van der Waals surface area contributed by atoms with Gasteiger partial charge in [0, 0.05) is 0 Å². The van der Waals surface area contributed by atoms with Crippen LogP contribution in [0.2, 0.25) is 5.15 Å². The van der Waals surface area contributed by atoms with Crippen LogP contribution in [0.3, 0.4) is 0 Å². The van der Waals surface area contributed by atoms with E-state index in [1.807, 2.05) is 0 Å². The normalized spacial score (nSPS) is 11.2. The lowest BCUT2D eigenvalue weighted by Crippen LogP contribution is -2.16. The molecule has 1 heterocycles. The van der Waals surface area contributed by atoms with Crippen molar-refractivity contribution >= 4 is 17.9 Å². The maximum Gasteiger partial charge on any atom is 0.573 e. The van der Waals surface area contributed by atoms with Crippen LogP contribution in [0.1, 0.15) is 10.5 Å². The molecule has 2 aromatic rings. The van der Waals surface area contributed by atoms with Gasteiger partial charge in [-0.05, 0) is 35.4 Å². The van der Waals surface area contributed by atoms with Crippen molar-refractivity contribution in [3.8, 4) is 16.9 Å². The summed E-state index contributed by atoms with van der Waals surface area (Å²) in [6.07, 6.45) is -4.19. The van der Waals surface area contributed by atoms with Crippen molar-refractivity contribution in [2.24, 2.45) is 0 Å². The molecule has 0 saturated heterocycles. The Morgan fingerprint density at radius 3 is 2.30 bits per heavy atom. The third-order valence-corrected chi connectivity index (χ3v) is 2.55. The largest absolute Gasteiger partial charge is 0.573 e. The van der Waals surface area contributed by atoms with E-state index in [1.165, 1.54) is 36.4 Å². The summed E-state index contributed by atoms with van der Waals surface area (Å²) in [6, 6.07) is 8.21. The molecule has 0 amide bonds. The van der Waals surface area contributed by atoms with E-state index in [1.54, 1.807) is 0 Å². The van der Waals surface area contributed by atoms with Crippen LogP contribution >= 0.6 is 11.6 Å². The summed E-state index contributed by atoms with van der Waals surface area (Å²) in [5.74, 6) is -0.322. The zero-order valence-corrected chi connectivity index (χ0v) is 10.6. The minimum absolute atomic E-state index is 0.125. The van der Waals surface area contributed by atoms with Crippen LogP contribution in [0.4, 0.5) is 13.2 Å². The van der Waals surface area contributed by atoms with Crippen LogP contribution < -0.4 is 4.74 Å². The lowest BCUT2D eigenvalue weighted by molar-refractivity contribution is -0.274. The van der Waals surface area contributed by atoms with Crippen molar-refractivity contribution in [2.45, 2.75) is 6.36 Å². The average molecular weight is 302 g/mol. The first-order valence-corrected chi connectivity index (χ1v) is 5.74. The van der Waals surface area contributed by atoms with E-state index in [2.05, 4.69) is 9.72 Å². The second-order valence-electron chi connectivity index (χ2n) is 3.79. The number of carbonyl (C=O) groups is 1. The molecule has 0 spiro atoms. The summed E-state index contributed by atoms with van der Waals surface area (Å²) in [5.41, 5.74) is 1.31. The van der Waals surface area contributed by atoms with E-state index in [-0.39, 0.29) is 16.6 Å². The van der Waals surface area contributed by atoms with Gasteiger partial charge in [-0.15, -0.1) is 13.2 Å². The number of aromatic nitrogens is 1. The molecule has 2 rings (SSSR count). The van der Waals surface area contributed by atoms with E-state index < -0.39 is 6.36 Å². The van der Waals surface area contributed by atoms with Crippen LogP contribution in [0.5, 0.6) is 5.75 Å². The van der Waals surface area contributed by atoms with Gasteiger partial charge in [0.05, 0.1) is 0 Å². The van der Waals surface area contributed by atoms with Crippen molar-refractivity contribution in [1.82, 2.24) is 4.98 Å². The molecule has 0 aliphatic rings. The molecule has 0 fully saturated rings. The minimum Gasteiger partial charge on any atom is -0.406 e. The molecule has 0 radical (unpaired) electrons. The Kier molecular flexibility index (Phi) is 3.94. The molecule has 20 heavy (non-hydrogen) atoms. The third-order valence-electron chi connectivity index (χ3n) is 2.36. The second-order valence-corrected chi connectivity index (χ2v) is 4.18. The number of pyridine rings is 1. The summed E-state index contributed by atoms with van der Waals surface area (Å²) in [4.78, 5) is 14.5. The third kappa shape index (κ3) is 3.71. The van der Waals surface area contributed by atoms with Crippen LogP contribution in [0.25, 0.3) is 11.1 Å². The molecular weight excluding hydrogens is 295 g/mol. The summed E-state index contributed by atoms with van der Waals surface area (Å²) in [7, 11) is 0. The maximum absolute atomic E-state index is 12.0. The molecule has 0 aliphatic heterocycles. The van der Waals surface area contributed by atoms with Crippen molar-refractivity contribution in [3.05, 3.63) is 47.2 Å². The predicted octanol–water partition coefficient (Wildman–Crippen LogP) is 4.11. The van der Waals surface area contributed by atoms with Crippen LogP contribution in [-0.4, -0.2) is 17.6 Å². The Labute approximate surface area is 117 Å². The van der Waals surface area contributed by atoms with Crippen LogP contribution in [-0.2, 0) is 0 Å². The van der Waals surface area contributed by atoms with E-state index in [4.69, 9.17) is 11.6 Å². The number of nitrogens with zero attached hydrogens (tertiary/aromatic N) is 1. The van der Waals surface area contributed by atoms with Crippen molar-refractivity contribution in [3.63, 3.8) is 0 Å². The highest BCUT2D eigenvalue weighted by atomic mass is 35.5. The lowest BCUT2D eigenvalue weighted by Gasteiger charge is -2.09. The maximum atomic E-state index is 12.0. The van der Waals surface area contributed by atoms with Crippen molar-refractivity contribution in [2.75, 3.05) is 0 Å². The summed E-state index contributed by atoms with van der Waals surface area (Å²) < 4.78 is 39.9. The molecule has 0 saturated carbocycles. The highest BCUT2D eigenvalue weighted by molar-refractivity contribution is 6.29. The first-order valence-electron chi connectivity index (χ1n) is 5.36. The summed E-state index contributed by atoms with van der Waals surface area (Å²) in [6.45, 7) is 0. The number of carbonyl (C=O) groups excluding carboxylic acids is 1. The summed E-state index contributed by atoms with van der Waals surface area (Å²) in [5, 5.41) is 0.125. The van der Waals surface area contributed by atoms with Gasteiger partial charge in [0.2, 0.25) is 0 Å². The number of ether oxygens (including phenoxy) is 1. The van der Waals surface area contributed by atoms with E-state index in [9.17, 15) is 18.0 Å². The molecule has 104 valence electrons. The molecule has 1 aromatic heterocycles. The number of benzene rings is 1. The van der Waals surface area contributed by atoms with Gasteiger partial charge in [-0.2, -0.15) is 0 Å². The molecule has 0 bridgehead atoms. The highest BCUT2D eigenvalue weighted by Gasteiger charge is 2.30. The molecule has 0 atom stereocenters. The van der Waals surface area contributed by atoms with Crippen molar-refractivity contribution < 1.29 is 22.7 Å². The Hall–Kier alpha value is -2.08. The number of alkyl halides is 3. The molecule has 1 aromatic carbocycles. The van der Waals surface area contributed by atoms with Gasteiger partial charge >= 0.3 is 6.36 Å². The zero-order chi connectivity index (χ0) is 14.8. The Balaban J connectivity index is 2.30. The average Bonchev–Trinajstić information content (AvgIpc) is 2.37. The van der Waals surface area contributed by atoms with Gasteiger partial charge in [-0.3, -0.25) is 4.79 Å². The topological polar surface area (TPSA) is 39.2 Å². The monoisotopic (exact) mass is 301 g/mol. The first kappa shape index (κ1) is 14.3. The van der Waals surface area contributed by atoms with E-state index >= 15 is 0 Å². The van der Waals surface area contributed by atoms with Crippen molar-refractivity contribution in [1.29, 1.82) is 0 Å². The molecule has 0 unspecified atom stereocenters. The fourth-order valence-electron chi connectivity index (χ4n) is 1.59. The van der Waals surface area contributed by atoms with Gasteiger partial charge in [0.1, 0.15) is 16.6 Å². The molecular formula is C13H7ClF3NO2. The fraction of sp³-hybridized carbons (Fsp3) is 0.0769. The molecule has 7 heteroatoms. The molecule has 0 aliphatic carbocycles. The fourth-order valence-corrected chi connectivity index (χ4v) is 1.81. The van der Waals surface area contributed by atoms with Gasteiger partial charge in [0.25, 0.3) is 0 Å².